The first-order valence-corrected chi connectivity index (χ1v) is 5.52. The van der Waals surface area contributed by atoms with E-state index in [9.17, 15) is 4.79 Å². The quantitative estimate of drug-likeness (QED) is 0.777. The highest BCUT2D eigenvalue weighted by atomic mass is 16.5. The van der Waals surface area contributed by atoms with Gasteiger partial charge in [-0.1, -0.05) is 19.1 Å². The van der Waals surface area contributed by atoms with E-state index in [1.807, 2.05) is 19.1 Å². The number of rotatable bonds is 5. The molecule has 88 valence electrons. The maximum Gasteiger partial charge on any atom is 0.185 e. The van der Waals surface area contributed by atoms with Gasteiger partial charge in [0.1, 0.15) is 5.75 Å². The second-order valence-electron chi connectivity index (χ2n) is 4.40. The van der Waals surface area contributed by atoms with Crippen molar-refractivity contribution in [3.63, 3.8) is 0 Å². The van der Waals surface area contributed by atoms with Gasteiger partial charge in [0.15, 0.2) is 5.78 Å². The molecule has 0 aliphatic rings. The van der Waals surface area contributed by atoms with Gasteiger partial charge in [-0.3, -0.25) is 4.79 Å². The van der Waals surface area contributed by atoms with Crippen LogP contribution < -0.4 is 10.5 Å². The molecule has 1 aromatic rings. The Morgan fingerprint density at radius 1 is 1.38 bits per heavy atom. The van der Waals surface area contributed by atoms with Crippen molar-refractivity contribution in [3.05, 3.63) is 29.8 Å². The van der Waals surface area contributed by atoms with Crippen LogP contribution >= 0.6 is 0 Å². The Labute approximate surface area is 96.6 Å². The highest BCUT2D eigenvalue weighted by Crippen LogP contribution is 2.22. The third-order valence-corrected chi connectivity index (χ3v) is 2.18. The minimum atomic E-state index is -0.869. The summed E-state index contributed by atoms with van der Waals surface area (Å²) in [5, 5.41) is 0. The topological polar surface area (TPSA) is 52.3 Å². The van der Waals surface area contributed by atoms with E-state index in [0.717, 1.165) is 6.42 Å². The molecule has 0 saturated heterocycles. The van der Waals surface area contributed by atoms with Gasteiger partial charge in [-0.15, -0.1) is 0 Å². The zero-order valence-corrected chi connectivity index (χ0v) is 10.1. The number of carbonyl (C=O) groups is 1. The molecule has 0 radical (unpaired) electrons. The van der Waals surface area contributed by atoms with Gasteiger partial charge in [-0.25, -0.2) is 0 Å². The van der Waals surface area contributed by atoms with E-state index in [4.69, 9.17) is 10.5 Å². The van der Waals surface area contributed by atoms with Crippen LogP contribution in [0.2, 0.25) is 0 Å². The fourth-order valence-electron chi connectivity index (χ4n) is 1.34. The van der Waals surface area contributed by atoms with Crippen molar-refractivity contribution in [1.29, 1.82) is 0 Å². The molecule has 0 fully saturated rings. The average Bonchev–Trinajstić information content (AvgIpc) is 2.24. The summed E-state index contributed by atoms with van der Waals surface area (Å²) in [4.78, 5) is 12.0. The maximum atomic E-state index is 12.0. The van der Waals surface area contributed by atoms with Crippen molar-refractivity contribution in [2.75, 3.05) is 6.61 Å². The number of hydrogen-bond acceptors (Lipinski definition) is 3. The molecule has 0 saturated carbocycles. The molecule has 0 aliphatic heterocycles. The van der Waals surface area contributed by atoms with Gasteiger partial charge < -0.3 is 10.5 Å². The van der Waals surface area contributed by atoms with Crippen molar-refractivity contribution in [3.8, 4) is 5.75 Å². The summed E-state index contributed by atoms with van der Waals surface area (Å²) in [5.41, 5.74) is 5.49. The van der Waals surface area contributed by atoms with Gasteiger partial charge in [-0.05, 0) is 32.4 Å². The Hall–Kier alpha value is -1.35. The van der Waals surface area contributed by atoms with E-state index >= 15 is 0 Å². The highest BCUT2D eigenvalue weighted by Gasteiger charge is 2.25. The van der Waals surface area contributed by atoms with E-state index in [2.05, 4.69) is 0 Å². The normalized spacial score (nSPS) is 11.2. The molecule has 1 rings (SSSR count). The molecule has 2 N–H and O–H groups in total. The lowest BCUT2D eigenvalue weighted by atomic mass is 9.94. The molecule has 16 heavy (non-hydrogen) atoms. The molecule has 3 heteroatoms. The molecule has 3 nitrogen and oxygen atoms in total. The lowest BCUT2D eigenvalue weighted by Gasteiger charge is -2.19. The molecule has 0 bridgehead atoms. The smallest absolute Gasteiger partial charge is 0.185 e. The summed E-state index contributed by atoms with van der Waals surface area (Å²) in [7, 11) is 0. The third kappa shape index (κ3) is 3.07. The molecule has 0 amide bonds. The lowest BCUT2D eigenvalue weighted by Crippen LogP contribution is -2.41. The minimum absolute atomic E-state index is 0.0980. The van der Waals surface area contributed by atoms with Gasteiger partial charge in [0.05, 0.1) is 17.7 Å². The Kier molecular flexibility index (Phi) is 4.07. The van der Waals surface area contributed by atoms with Crippen molar-refractivity contribution < 1.29 is 9.53 Å². The third-order valence-electron chi connectivity index (χ3n) is 2.18. The Morgan fingerprint density at radius 3 is 2.56 bits per heavy atom. The largest absolute Gasteiger partial charge is 0.493 e. The summed E-state index contributed by atoms with van der Waals surface area (Å²) in [6.45, 7) is 6.03. The fourth-order valence-corrected chi connectivity index (χ4v) is 1.34. The van der Waals surface area contributed by atoms with Crippen LogP contribution in [0.5, 0.6) is 5.75 Å². The van der Waals surface area contributed by atoms with Crippen molar-refractivity contribution >= 4 is 5.78 Å². The van der Waals surface area contributed by atoms with Crippen molar-refractivity contribution in [1.82, 2.24) is 0 Å². The van der Waals surface area contributed by atoms with Crippen LogP contribution in [-0.4, -0.2) is 17.9 Å². The second-order valence-corrected chi connectivity index (χ2v) is 4.40. The first kappa shape index (κ1) is 12.7. The molecule has 0 unspecified atom stereocenters. The van der Waals surface area contributed by atoms with Gasteiger partial charge in [-0.2, -0.15) is 0 Å². The van der Waals surface area contributed by atoms with Crippen molar-refractivity contribution in [2.24, 2.45) is 5.73 Å². The first-order valence-electron chi connectivity index (χ1n) is 5.52. The number of ketones is 1. The lowest BCUT2D eigenvalue weighted by molar-refractivity contribution is 0.0909. The van der Waals surface area contributed by atoms with Gasteiger partial charge in [0.25, 0.3) is 0 Å². The summed E-state index contributed by atoms with van der Waals surface area (Å²) >= 11 is 0. The number of carbonyl (C=O) groups excluding carboxylic acids is 1. The molecule has 0 heterocycles. The highest BCUT2D eigenvalue weighted by molar-refractivity contribution is 6.04. The molecular formula is C13H19NO2. The van der Waals surface area contributed by atoms with Crippen LogP contribution in [0.4, 0.5) is 0 Å². The van der Waals surface area contributed by atoms with Crippen molar-refractivity contribution in [2.45, 2.75) is 32.7 Å². The maximum absolute atomic E-state index is 12.0. The SMILES string of the molecule is CCCOc1ccccc1C(=O)C(C)(C)N. The molecule has 1 aromatic carbocycles. The Balaban J connectivity index is 2.99. The Bertz CT molecular complexity index is 366. The molecule has 0 aliphatic carbocycles. The van der Waals surface area contributed by atoms with Crippen LogP contribution in [0.3, 0.4) is 0 Å². The molecule has 0 atom stereocenters. The van der Waals surface area contributed by atoms with E-state index in [1.54, 1.807) is 26.0 Å². The van der Waals surface area contributed by atoms with Gasteiger partial charge >= 0.3 is 0 Å². The number of para-hydroxylation sites is 1. The summed E-state index contributed by atoms with van der Waals surface area (Å²) in [6, 6.07) is 7.22. The van der Waals surface area contributed by atoms with Gasteiger partial charge in [0, 0.05) is 0 Å². The zero-order chi connectivity index (χ0) is 12.2. The molecular weight excluding hydrogens is 202 g/mol. The van der Waals surface area contributed by atoms with Crippen LogP contribution in [0, 0.1) is 0 Å². The number of ether oxygens (including phenoxy) is 1. The van der Waals surface area contributed by atoms with E-state index in [0.29, 0.717) is 17.9 Å². The Morgan fingerprint density at radius 2 is 2.00 bits per heavy atom. The predicted molar refractivity (Wildman–Crippen MR) is 64.8 cm³/mol. The number of hydrogen-bond donors (Lipinski definition) is 1. The molecule has 0 aromatic heterocycles. The fraction of sp³-hybridized carbons (Fsp3) is 0.462. The number of Topliss-reactive ketones (excluding diaryl/α,β-unsaturated/α-hetero) is 1. The zero-order valence-electron chi connectivity index (χ0n) is 10.1. The summed E-state index contributed by atoms with van der Waals surface area (Å²) in [5.74, 6) is 0.520. The monoisotopic (exact) mass is 221 g/mol. The van der Waals surface area contributed by atoms with Crippen LogP contribution in [0.1, 0.15) is 37.6 Å². The van der Waals surface area contributed by atoms with Crippen LogP contribution in [0.15, 0.2) is 24.3 Å². The molecule has 0 spiro atoms. The second kappa shape index (κ2) is 5.12. The van der Waals surface area contributed by atoms with E-state index < -0.39 is 5.54 Å². The predicted octanol–water partition coefficient (Wildman–Crippen LogP) is 2.40. The van der Waals surface area contributed by atoms with E-state index in [-0.39, 0.29) is 5.78 Å². The van der Waals surface area contributed by atoms with Gasteiger partial charge in [0.2, 0.25) is 0 Å². The number of nitrogens with two attached hydrogens (primary N) is 1. The minimum Gasteiger partial charge on any atom is -0.493 e. The van der Waals surface area contributed by atoms with E-state index in [1.165, 1.54) is 0 Å². The average molecular weight is 221 g/mol. The first-order chi connectivity index (χ1) is 7.46. The standard InChI is InChI=1S/C13H19NO2/c1-4-9-16-11-8-6-5-7-10(11)12(15)13(2,3)14/h5-8H,4,9,14H2,1-3H3. The number of benzene rings is 1. The van der Waals surface area contributed by atoms with Crippen LogP contribution in [-0.2, 0) is 0 Å². The van der Waals surface area contributed by atoms with Crippen LogP contribution in [0.25, 0.3) is 0 Å². The summed E-state index contributed by atoms with van der Waals surface area (Å²) < 4.78 is 5.53. The summed E-state index contributed by atoms with van der Waals surface area (Å²) in [6.07, 6.45) is 0.911.